The molecule has 0 aromatic rings. The normalized spacial score (nSPS) is 16.8. The SMILES string of the molecule is CC(C)CC(=O)N(C)CC1CCN(C(=O)OC(C)(C)C)CC1. The van der Waals surface area contributed by atoms with Gasteiger partial charge in [-0.25, -0.2) is 4.79 Å². The molecule has 0 saturated carbocycles. The smallest absolute Gasteiger partial charge is 0.410 e. The van der Waals surface area contributed by atoms with Crippen molar-refractivity contribution < 1.29 is 14.3 Å². The number of rotatable bonds is 4. The van der Waals surface area contributed by atoms with Crippen LogP contribution in [0.4, 0.5) is 4.79 Å². The van der Waals surface area contributed by atoms with Crippen molar-refractivity contribution in [1.82, 2.24) is 9.80 Å². The molecule has 1 aliphatic heterocycles. The highest BCUT2D eigenvalue weighted by Gasteiger charge is 2.27. The molecule has 0 radical (unpaired) electrons. The number of ether oxygens (including phenoxy) is 1. The van der Waals surface area contributed by atoms with Gasteiger partial charge >= 0.3 is 6.09 Å². The maximum Gasteiger partial charge on any atom is 0.410 e. The van der Waals surface area contributed by atoms with Crippen molar-refractivity contribution in [2.45, 2.75) is 59.5 Å². The molecule has 1 heterocycles. The van der Waals surface area contributed by atoms with Gasteiger partial charge in [0.1, 0.15) is 5.60 Å². The minimum absolute atomic E-state index is 0.213. The first-order valence-electron chi connectivity index (χ1n) is 8.30. The van der Waals surface area contributed by atoms with Gasteiger partial charge in [-0.15, -0.1) is 0 Å². The Kier molecular flexibility index (Phi) is 6.69. The average Bonchev–Trinajstić information content (AvgIpc) is 2.36. The Labute approximate surface area is 135 Å². The van der Waals surface area contributed by atoms with E-state index in [1.54, 1.807) is 4.90 Å². The third kappa shape index (κ3) is 6.67. The number of likely N-dealkylation sites (tertiary alicyclic amines) is 1. The summed E-state index contributed by atoms with van der Waals surface area (Å²) in [5.74, 6) is 1.08. The van der Waals surface area contributed by atoms with E-state index in [4.69, 9.17) is 4.74 Å². The van der Waals surface area contributed by atoms with Crippen LogP contribution in [0.1, 0.15) is 53.9 Å². The summed E-state index contributed by atoms with van der Waals surface area (Å²) in [6, 6.07) is 0. The van der Waals surface area contributed by atoms with E-state index < -0.39 is 5.60 Å². The molecule has 0 aromatic carbocycles. The van der Waals surface area contributed by atoms with Crippen LogP contribution < -0.4 is 0 Å². The number of hydrogen-bond acceptors (Lipinski definition) is 3. The van der Waals surface area contributed by atoms with E-state index in [9.17, 15) is 9.59 Å². The van der Waals surface area contributed by atoms with Gasteiger partial charge in [0, 0.05) is 33.1 Å². The molecule has 5 nitrogen and oxygen atoms in total. The predicted octanol–water partition coefficient (Wildman–Crippen LogP) is 3.14. The van der Waals surface area contributed by atoms with Crippen LogP contribution in [0.2, 0.25) is 0 Å². The molecule has 1 aliphatic rings. The summed E-state index contributed by atoms with van der Waals surface area (Å²) >= 11 is 0. The zero-order valence-corrected chi connectivity index (χ0v) is 15.0. The molecule has 0 N–H and O–H groups in total. The second kappa shape index (κ2) is 7.84. The molecular formula is C17H32N2O3. The Balaban J connectivity index is 2.36. The van der Waals surface area contributed by atoms with Gasteiger partial charge in [-0.1, -0.05) is 13.8 Å². The van der Waals surface area contributed by atoms with Gasteiger partial charge in [0.2, 0.25) is 5.91 Å². The third-order valence-electron chi connectivity index (χ3n) is 3.81. The lowest BCUT2D eigenvalue weighted by molar-refractivity contribution is -0.131. The third-order valence-corrected chi connectivity index (χ3v) is 3.81. The molecule has 0 aromatic heterocycles. The second-order valence-corrected chi connectivity index (χ2v) is 7.78. The highest BCUT2D eigenvalue weighted by molar-refractivity contribution is 5.76. The first kappa shape index (κ1) is 18.8. The number of hydrogen-bond donors (Lipinski definition) is 0. The molecule has 0 bridgehead atoms. The maximum absolute atomic E-state index is 12.0. The van der Waals surface area contributed by atoms with Crippen LogP contribution in [0.25, 0.3) is 0 Å². The molecule has 1 rings (SSSR count). The van der Waals surface area contributed by atoms with Crippen molar-refractivity contribution in [2.75, 3.05) is 26.7 Å². The molecule has 0 unspecified atom stereocenters. The van der Waals surface area contributed by atoms with Gasteiger partial charge in [-0.2, -0.15) is 0 Å². The van der Waals surface area contributed by atoms with Gasteiger partial charge in [-0.05, 0) is 45.4 Å². The van der Waals surface area contributed by atoms with E-state index in [1.807, 2.05) is 32.7 Å². The quantitative estimate of drug-likeness (QED) is 0.801. The van der Waals surface area contributed by atoms with E-state index in [0.717, 1.165) is 19.4 Å². The summed E-state index contributed by atoms with van der Waals surface area (Å²) in [6.45, 7) is 12.0. The lowest BCUT2D eigenvalue weighted by atomic mass is 9.96. The Bertz CT molecular complexity index is 380. The van der Waals surface area contributed by atoms with Crippen molar-refractivity contribution in [3.63, 3.8) is 0 Å². The van der Waals surface area contributed by atoms with Crippen LogP contribution in [0.5, 0.6) is 0 Å². The van der Waals surface area contributed by atoms with Crippen LogP contribution in [0.15, 0.2) is 0 Å². The number of amides is 2. The molecule has 22 heavy (non-hydrogen) atoms. The molecule has 1 saturated heterocycles. The Hall–Kier alpha value is -1.26. The Morgan fingerprint density at radius 2 is 1.77 bits per heavy atom. The molecule has 0 atom stereocenters. The standard InChI is InChI=1S/C17H32N2O3/c1-13(2)11-15(20)18(6)12-14-7-9-19(10-8-14)16(21)22-17(3,4)5/h13-14H,7-12H2,1-6H3. The molecule has 0 spiro atoms. The van der Waals surface area contributed by atoms with E-state index in [0.29, 0.717) is 31.3 Å². The molecule has 5 heteroatoms. The average molecular weight is 312 g/mol. The summed E-state index contributed by atoms with van der Waals surface area (Å²) in [7, 11) is 1.88. The van der Waals surface area contributed by atoms with Gasteiger partial charge in [0.15, 0.2) is 0 Å². The Morgan fingerprint density at radius 3 is 2.23 bits per heavy atom. The molecule has 0 aliphatic carbocycles. The minimum atomic E-state index is -0.447. The van der Waals surface area contributed by atoms with Crippen molar-refractivity contribution >= 4 is 12.0 Å². The molecular weight excluding hydrogens is 280 g/mol. The molecule has 128 valence electrons. The van der Waals surface area contributed by atoms with E-state index >= 15 is 0 Å². The predicted molar refractivity (Wildman–Crippen MR) is 87.6 cm³/mol. The van der Waals surface area contributed by atoms with Gasteiger partial charge in [0.25, 0.3) is 0 Å². The topological polar surface area (TPSA) is 49.9 Å². The minimum Gasteiger partial charge on any atom is -0.444 e. The van der Waals surface area contributed by atoms with Crippen LogP contribution >= 0.6 is 0 Å². The monoisotopic (exact) mass is 312 g/mol. The second-order valence-electron chi connectivity index (χ2n) is 7.78. The van der Waals surface area contributed by atoms with Gasteiger partial charge in [0.05, 0.1) is 0 Å². The summed E-state index contributed by atoms with van der Waals surface area (Å²) in [5, 5.41) is 0. The number of nitrogens with zero attached hydrogens (tertiary/aromatic N) is 2. The highest BCUT2D eigenvalue weighted by atomic mass is 16.6. The lowest BCUT2D eigenvalue weighted by Gasteiger charge is -2.35. The fourth-order valence-corrected chi connectivity index (χ4v) is 2.62. The van der Waals surface area contributed by atoms with Crippen molar-refractivity contribution in [3.05, 3.63) is 0 Å². The van der Waals surface area contributed by atoms with E-state index in [2.05, 4.69) is 13.8 Å². The first-order valence-corrected chi connectivity index (χ1v) is 8.30. The molecule has 2 amide bonds. The van der Waals surface area contributed by atoms with E-state index in [1.165, 1.54) is 0 Å². The van der Waals surface area contributed by atoms with Crippen LogP contribution in [0, 0.1) is 11.8 Å². The zero-order chi connectivity index (χ0) is 16.9. The van der Waals surface area contributed by atoms with Crippen LogP contribution in [-0.2, 0) is 9.53 Å². The summed E-state index contributed by atoms with van der Waals surface area (Å²) in [6.07, 6.45) is 2.24. The largest absolute Gasteiger partial charge is 0.444 e. The summed E-state index contributed by atoms with van der Waals surface area (Å²) in [5.41, 5.74) is -0.447. The fourth-order valence-electron chi connectivity index (χ4n) is 2.62. The van der Waals surface area contributed by atoms with Crippen LogP contribution in [0.3, 0.4) is 0 Å². The maximum atomic E-state index is 12.0. The van der Waals surface area contributed by atoms with Gasteiger partial charge in [-0.3, -0.25) is 4.79 Å². The van der Waals surface area contributed by atoms with E-state index in [-0.39, 0.29) is 12.0 Å². The van der Waals surface area contributed by atoms with Crippen molar-refractivity contribution in [1.29, 1.82) is 0 Å². The van der Waals surface area contributed by atoms with Crippen LogP contribution in [-0.4, -0.2) is 54.1 Å². The zero-order valence-electron chi connectivity index (χ0n) is 15.0. The first-order chi connectivity index (χ1) is 10.1. The van der Waals surface area contributed by atoms with Crippen molar-refractivity contribution in [3.8, 4) is 0 Å². The highest BCUT2D eigenvalue weighted by Crippen LogP contribution is 2.20. The molecule has 1 fully saturated rings. The number of carbonyl (C=O) groups excluding carboxylic acids is 2. The van der Waals surface area contributed by atoms with Gasteiger partial charge < -0.3 is 14.5 Å². The van der Waals surface area contributed by atoms with Crippen molar-refractivity contribution in [2.24, 2.45) is 11.8 Å². The number of piperidine rings is 1. The number of carbonyl (C=O) groups is 2. The summed E-state index contributed by atoms with van der Waals surface area (Å²) in [4.78, 5) is 27.6. The fraction of sp³-hybridized carbons (Fsp3) is 0.882. The lowest BCUT2D eigenvalue weighted by Crippen LogP contribution is -2.44. The Morgan fingerprint density at radius 1 is 1.23 bits per heavy atom. The summed E-state index contributed by atoms with van der Waals surface area (Å²) < 4.78 is 5.40.